The molecule has 1 N–H and O–H groups in total. The minimum atomic E-state index is -0.368. The summed E-state index contributed by atoms with van der Waals surface area (Å²) in [6.07, 6.45) is 1.23. The Labute approximate surface area is 131 Å². The van der Waals surface area contributed by atoms with E-state index in [1.165, 1.54) is 7.11 Å². The van der Waals surface area contributed by atoms with Gasteiger partial charge in [-0.15, -0.1) is 0 Å². The molecule has 1 heterocycles. The van der Waals surface area contributed by atoms with Crippen LogP contribution in [0.4, 0.5) is 16.2 Å². The van der Waals surface area contributed by atoms with Crippen LogP contribution in [0.2, 0.25) is 0 Å². The number of nitrogens with one attached hydrogen (secondary N) is 1. The lowest BCUT2D eigenvalue weighted by atomic mass is 9.97. The number of hydrogen-bond acceptors (Lipinski definition) is 4. The van der Waals surface area contributed by atoms with Gasteiger partial charge in [-0.3, -0.25) is 4.79 Å². The van der Waals surface area contributed by atoms with E-state index in [1.54, 1.807) is 4.90 Å². The molecule has 2 amide bonds. The van der Waals surface area contributed by atoms with Crippen molar-refractivity contribution in [3.05, 3.63) is 24.3 Å². The molecule has 0 aliphatic carbocycles. The lowest BCUT2D eigenvalue weighted by molar-refractivity contribution is -0.121. The topological polar surface area (TPSA) is 61.9 Å². The fraction of sp³-hybridized carbons (Fsp3) is 0.500. The van der Waals surface area contributed by atoms with Crippen LogP contribution in [0, 0.1) is 5.92 Å². The Balaban J connectivity index is 1.95. The number of benzene rings is 1. The van der Waals surface area contributed by atoms with E-state index in [0.29, 0.717) is 13.1 Å². The first kappa shape index (κ1) is 16.1. The first-order chi connectivity index (χ1) is 10.5. The number of rotatable bonds is 3. The Hall–Kier alpha value is -2.24. The number of methoxy groups -OCH3 is 1. The van der Waals surface area contributed by atoms with Crippen LogP contribution < -0.4 is 10.2 Å². The van der Waals surface area contributed by atoms with Crippen molar-refractivity contribution in [2.45, 2.75) is 12.8 Å². The molecule has 1 saturated heterocycles. The molecule has 1 aliphatic rings. The lowest BCUT2D eigenvalue weighted by Gasteiger charge is -2.30. The van der Waals surface area contributed by atoms with Gasteiger partial charge in [0.25, 0.3) is 0 Å². The van der Waals surface area contributed by atoms with Gasteiger partial charge in [0.05, 0.1) is 13.0 Å². The summed E-state index contributed by atoms with van der Waals surface area (Å²) in [5.41, 5.74) is 1.85. The summed E-state index contributed by atoms with van der Waals surface area (Å²) in [5, 5.41) is 2.92. The average molecular weight is 305 g/mol. The zero-order valence-corrected chi connectivity index (χ0v) is 13.3. The summed E-state index contributed by atoms with van der Waals surface area (Å²) in [6, 6.07) is 7.68. The Morgan fingerprint density at radius 3 is 2.55 bits per heavy atom. The molecule has 2 rings (SSSR count). The highest BCUT2D eigenvalue weighted by Gasteiger charge is 2.28. The van der Waals surface area contributed by atoms with Crippen LogP contribution in [0.1, 0.15) is 12.8 Å². The first-order valence-electron chi connectivity index (χ1n) is 7.42. The van der Waals surface area contributed by atoms with Gasteiger partial charge < -0.3 is 19.9 Å². The highest BCUT2D eigenvalue weighted by atomic mass is 16.5. The second-order valence-electron chi connectivity index (χ2n) is 5.69. The van der Waals surface area contributed by atoms with Gasteiger partial charge in [-0.05, 0) is 37.1 Å². The maximum absolute atomic E-state index is 12.3. The van der Waals surface area contributed by atoms with Crippen molar-refractivity contribution in [2.75, 3.05) is 44.5 Å². The Kier molecular flexibility index (Phi) is 5.25. The van der Waals surface area contributed by atoms with E-state index in [1.807, 2.05) is 43.3 Å². The van der Waals surface area contributed by atoms with E-state index < -0.39 is 0 Å². The van der Waals surface area contributed by atoms with Crippen molar-refractivity contribution in [1.82, 2.24) is 4.90 Å². The third-order valence-corrected chi connectivity index (χ3v) is 3.88. The van der Waals surface area contributed by atoms with Gasteiger partial charge in [0.15, 0.2) is 0 Å². The molecule has 1 aromatic carbocycles. The SMILES string of the molecule is COC(=O)N1CCCC(C(=O)Nc2ccc(N(C)C)cc2)C1. The predicted octanol–water partition coefficient (Wildman–Crippen LogP) is 2.17. The van der Waals surface area contributed by atoms with Gasteiger partial charge in [0.1, 0.15) is 0 Å². The molecule has 0 aromatic heterocycles. The summed E-state index contributed by atoms with van der Waals surface area (Å²) < 4.78 is 4.72. The Morgan fingerprint density at radius 2 is 1.95 bits per heavy atom. The number of carbonyl (C=O) groups excluding carboxylic acids is 2. The minimum Gasteiger partial charge on any atom is -0.453 e. The number of nitrogens with zero attached hydrogens (tertiary/aromatic N) is 2. The number of carbonyl (C=O) groups is 2. The average Bonchev–Trinajstić information content (AvgIpc) is 2.54. The largest absolute Gasteiger partial charge is 0.453 e. The molecule has 1 unspecified atom stereocenters. The Bertz CT molecular complexity index is 528. The summed E-state index contributed by atoms with van der Waals surface area (Å²) in [7, 11) is 5.30. The minimum absolute atomic E-state index is 0.0498. The predicted molar refractivity (Wildman–Crippen MR) is 86.1 cm³/mol. The van der Waals surface area contributed by atoms with Crippen molar-refractivity contribution in [3.8, 4) is 0 Å². The molecule has 0 radical (unpaired) electrons. The third-order valence-electron chi connectivity index (χ3n) is 3.88. The standard InChI is InChI=1S/C16H23N3O3/c1-18(2)14-8-6-13(7-9-14)17-15(20)12-5-4-10-19(11-12)16(21)22-3/h6-9,12H,4-5,10-11H2,1-3H3,(H,17,20). The number of amides is 2. The number of ether oxygens (including phenoxy) is 1. The van der Waals surface area contributed by atoms with Crippen LogP contribution in [0.25, 0.3) is 0 Å². The fourth-order valence-corrected chi connectivity index (χ4v) is 2.57. The third kappa shape index (κ3) is 3.90. The normalized spacial score (nSPS) is 17.8. The highest BCUT2D eigenvalue weighted by Crippen LogP contribution is 2.20. The molecule has 6 heteroatoms. The molecule has 22 heavy (non-hydrogen) atoms. The summed E-state index contributed by atoms with van der Waals surface area (Å²) in [5.74, 6) is -0.243. The number of piperidine rings is 1. The molecule has 1 aromatic rings. The molecule has 1 atom stereocenters. The van der Waals surface area contributed by atoms with Gasteiger partial charge in [-0.25, -0.2) is 4.79 Å². The molecule has 6 nitrogen and oxygen atoms in total. The smallest absolute Gasteiger partial charge is 0.409 e. The van der Waals surface area contributed by atoms with Crippen LogP contribution in [-0.2, 0) is 9.53 Å². The van der Waals surface area contributed by atoms with Crippen molar-refractivity contribution < 1.29 is 14.3 Å². The molecular weight excluding hydrogens is 282 g/mol. The first-order valence-corrected chi connectivity index (χ1v) is 7.42. The maximum Gasteiger partial charge on any atom is 0.409 e. The molecular formula is C16H23N3O3. The van der Waals surface area contributed by atoms with Crippen LogP contribution in [-0.4, -0.2) is 51.2 Å². The molecule has 1 fully saturated rings. The number of hydrogen-bond donors (Lipinski definition) is 1. The van der Waals surface area contributed by atoms with Crippen LogP contribution in [0.5, 0.6) is 0 Å². The van der Waals surface area contributed by atoms with Gasteiger partial charge in [-0.2, -0.15) is 0 Å². The van der Waals surface area contributed by atoms with E-state index >= 15 is 0 Å². The molecule has 0 bridgehead atoms. The monoisotopic (exact) mass is 305 g/mol. The second-order valence-corrected chi connectivity index (χ2v) is 5.69. The fourth-order valence-electron chi connectivity index (χ4n) is 2.57. The summed E-state index contributed by atoms with van der Waals surface area (Å²) in [4.78, 5) is 27.5. The van der Waals surface area contributed by atoms with E-state index in [9.17, 15) is 9.59 Å². The molecule has 0 spiro atoms. The van der Waals surface area contributed by atoms with E-state index in [4.69, 9.17) is 4.74 Å². The van der Waals surface area contributed by atoms with Crippen LogP contribution >= 0.6 is 0 Å². The van der Waals surface area contributed by atoms with Crippen molar-refractivity contribution in [1.29, 1.82) is 0 Å². The van der Waals surface area contributed by atoms with Crippen molar-refractivity contribution in [3.63, 3.8) is 0 Å². The maximum atomic E-state index is 12.3. The van der Waals surface area contributed by atoms with Gasteiger partial charge in [0.2, 0.25) is 5.91 Å². The lowest BCUT2D eigenvalue weighted by Crippen LogP contribution is -2.43. The quantitative estimate of drug-likeness (QED) is 0.929. The van der Waals surface area contributed by atoms with E-state index in [0.717, 1.165) is 24.2 Å². The molecule has 1 aliphatic heterocycles. The number of likely N-dealkylation sites (tertiary alicyclic amines) is 1. The van der Waals surface area contributed by atoms with Gasteiger partial charge in [0, 0.05) is 38.6 Å². The van der Waals surface area contributed by atoms with Gasteiger partial charge in [-0.1, -0.05) is 0 Å². The van der Waals surface area contributed by atoms with Crippen LogP contribution in [0.3, 0.4) is 0 Å². The molecule has 0 saturated carbocycles. The summed E-state index contributed by atoms with van der Waals surface area (Å²) >= 11 is 0. The summed E-state index contributed by atoms with van der Waals surface area (Å²) in [6.45, 7) is 1.06. The molecule has 120 valence electrons. The van der Waals surface area contributed by atoms with Crippen LogP contribution in [0.15, 0.2) is 24.3 Å². The highest BCUT2D eigenvalue weighted by molar-refractivity contribution is 5.93. The van der Waals surface area contributed by atoms with Crippen molar-refractivity contribution in [2.24, 2.45) is 5.92 Å². The zero-order valence-electron chi connectivity index (χ0n) is 13.3. The zero-order chi connectivity index (χ0) is 16.1. The van der Waals surface area contributed by atoms with Crippen molar-refractivity contribution >= 4 is 23.4 Å². The van der Waals surface area contributed by atoms with Gasteiger partial charge >= 0.3 is 6.09 Å². The number of anilines is 2. The second kappa shape index (κ2) is 7.15. The van der Waals surface area contributed by atoms with E-state index in [2.05, 4.69) is 5.32 Å². The Morgan fingerprint density at radius 1 is 1.27 bits per heavy atom. The van der Waals surface area contributed by atoms with E-state index in [-0.39, 0.29) is 17.9 Å².